The molecule has 1 unspecified atom stereocenters. The zero-order valence-electron chi connectivity index (χ0n) is 11.8. The Morgan fingerprint density at radius 1 is 1.26 bits per heavy atom. The highest BCUT2D eigenvalue weighted by Crippen LogP contribution is 2.29. The van der Waals surface area contributed by atoms with Crippen molar-refractivity contribution in [2.24, 2.45) is 5.73 Å². The zero-order chi connectivity index (χ0) is 13.5. The van der Waals surface area contributed by atoms with E-state index >= 15 is 0 Å². The smallest absolute Gasteiger partial charge is 0.246 e. The maximum Gasteiger partial charge on any atom is 0.246 e. The quantitative estimate of drug-likeness (QED) is 0.865. The Morgan fingerprint density at radius 3 is 2.47 bits per heavy atom. The van der Waals surface area contributed by atoms with E-state index in [2.05, 4.69) is 33.8 Å². The lowest BCUT2D eigenvalue weighted by Gasteiger charge is -2.46. The molecule has 1 atom stereocenters. The van der Waals surface area contributed by atoms with E-state index in [1.807, 2.05) is 0 Å². The van der Waals surface area contributed by atoms with Gasteiger partial charge in [-0.25, -0.2) is 0 Å². The molecular weight excluding hydrogens is 242 g/mol. The number of nitrogens with zero attached hydrogens (tertiary/aromatic N) is 4. The fourth-order valence-corrected chi connectivity index (χ4v) is 2.99. The molecular formula is C13H23N5O. The maximum atomic E-state index is 6.32. The van der Waals surface area contributed by atoms with Crippen molar-refractivity contribution in [2.75, 3.05) is 32.7 Å². The molecule has 19 heavy (non-hydrogen) atoms. The van der Waals surface area contributed by atoms with Crippen molar-refractivity contribution in [1.82, 2.24) is 19.9 Å². The van der Waals surface area contributed by atoms with Gasteiger partial charge in [-0.05, 0) is 12.8 Å². The van der Waals surface area contributed by atoms with E-state index in [0.29, 0.717) is 5.89 Å². The van der Waals surface area contributed by atoms with E-state index in [0.717, 1.165) is 51.4 Å². The summed E-state index contributed by atoms with van der Waals surface area (Å²) in [5.41, 5.74) is 5.84. The molecule has 0 aromatic carbocycles. The van der Waals surface area contributed by atoms with Gasteiger partial charge in [-0.1, -0.05) is 19.0 Å². The second-order valence-electron chi connectivity index (χ2n) is 5.67. The molecule has 1 aromatic rings. The number of nitrogens with two attached hydrogens (primary N) is 1. The normalized spacial score (nSPS) is 30.8. The predicted octanol–water partition coefficient (Wildman–Crippen LogP) is 0.716. The molecule has 106 valence electrons. The van der Waals surface area contributed by atoms with Crippen LogP contribution in [0.25, 0.3) is 0 Å². The Labute approximate surface area is 113 Å². The molecule has 4 heterocycles. The SMILES string of the molecule is CCC(N)(CC)c1nc(C2CN3CCN2CC3)no1. The zero-order valence-corrected chi connectivity index (χ0v) is 11.8. The van der Waals surface area contributed by atoms with Crippen LogP contribution in [0.3, 0.4) is 0 Å². The molecule has 0 amide bonds. The van der Waals surface area contributed by atoms with Gasteiger partial charge in [0.2, 0.25) is 5.89 Å². The third kappa shape index (κ3) is 2.17. The number of hydrogen-bond acceptors (Lipinski definition) is 6. The standard InChI is InChI=1S/C13H23N5O/c1-3-13(14,4-2)12-15-11(16-19-12)10-9-17-5-7-18(10)8-6-17/h10H,3-9,14H2,1-2H3. The number of piperazine rings is 3. The molecule has 0 saturated carbocycles. The molecule has 0 aliphatic carbocycles. The Kier molecular flexibility index (Phi) is 3.32. The lowest BCUT2D eigenvalue weighted by Crippen LogP contribution is -2.57. The topological polar surface area (TPSA) is 71.4 Å². The van der Waals surface area contributed by atoms with Gasteiger partial charge in [0.15, 0.2) is 5.82 Å². The fraction of sp³-hybridized carbons (Fsp3) is 0.846. The van der Waals surface area contributed by atoms with Gasteiger partial charge in [0, 0.05) is 32.7 Å². The van der Waals surface area contributed by atoms with Gasteiger partial charge < -0.3 is 10.3 Å². The molecule has 6 nitrogen and oxygen atoms in total. The Balaban J connectivity index is 1.82. The lowest BCUT2D eigenvalue weighted by molar-refractivity contribution is 0.00781. The molecule has 6 heteroatoms. The summed E-state index contributed by atoms with van der Waals surface area (Å²) in [5, 5.41) is 4.19. The van der Waals surface area contributed by atoms with Crippen molar-refractivity contribution in [3.05, 3.63) is 11.7 Å². The highest BCUT2D eigenvalue weighted by atomic mass is 16.5. The van der Waals surface area contributed by atoms with Crippen molar-refractivity contribution in [2.45, 2.75) is 38.3 Å². The molecule has 3 saturated heterocycles. The van der Waals surface area contributed by atoms with Crippen LogP contribution in [0.1, 0.15) is 44.4 Å². The van der Waals surface area contributed by atoms with E-state index in [4.69, 9.17) is 10.3 Å². The highest BCUT2D eigenvalue weighted by molar-refractivity contribution is 5.06. The van der Waals surface area contributed by atoms with Gasteiger partial charge in [0.1, 0.15) is 0 Å². The third-order valence-electron chi connectivity index (χ3n) is 4.71. The van der Waals surface area contributed by atoms with Crippen LogP contribution in [-0.4, -0.2) is 52.7 Å². The summed E-state index contributed by atoms with van der Waals surface area (Å²) >= 11 is 0. The number of rotatable bonds is 4. The summed E-state index contributed by atoms with van der Waals surface area (Å²) < 4.78 is 5.44. The average molecular weight is 265 g/mol. The predicted molar refractivity (Wildman–Crippen MR) is 71.5 cm³/mol. The molecule has 4 rings (SSSR count). The van der Waals surface area contributed by atoms with Crippen LogP contribution in [-0.2, 0) is 5.54 Å². The summed E-state index contributed by atoms with van der Waals surface area (Å²) in [6, 6.07) is 0.276. The number of hydrogen-bond donors (Lipinski definition) is 1. The third-order valence-corrected chi connectivity index (χ3v) is 4.71. The molecule has 2 bridgehead atoms. The first-order valence-corrected chi connectivity index (χ1v) is 7.25. The summed E-state index contributed by atoms with van der Waals surface area (Å²) in [7, 11) is 0. The summed E-state index contributed by atoms with van der Waals surface area (Å²) in [6.45, 7) is 9.65. The first-order valence-electron chi connectivity index (χ1n) is 7.25. The van der Waals surface area contributed by atoms with Gasteiger partial charge in [-0.2, -0.15) is 4.98 Å². The minimum atomic E-state index is -0.478. The Bertz CT molecular complexity index is 434. The summed E-state index contributed by atoms with van der Waals surface area (Å²) in [4.78, 5) is 9.51. The van der Waals surface area contributed by atoms with E-state index < -0.39 is 5.54 Å². The summed E-state index contributed by atoms with van der Waals surface area (Å²) in [5.74, 6) is 1.39. The van der Waals surface area contributed by atoms with Crippen molar-refractivity contribution in [3.63, 3.8) is 0 Å². The minimum absolute atomic E-state index is 0.276. The molecule has 3 aliphatic heterocycles. The van der Waals surface area contributed by atoms with E-state index in [-0.39, 0.29) is 6.04 Å². The van der Waals surface area contributed by atoms with E-state index in [9.17, 15) is 0 Å². The van der Waals surface area contributed by atoms with Gasteiger partial charge >= 0.3 is 0 Å². The maximum absolute atomic E-state index is 6.32. The summed E-state index contributed by atoms with van der Waals surface area (Å²) in [6.07, 6.45) is 1.62. The second-order valence-corrected chi connectivity index (χ2v) is 5.67. The van der Waals surface area contributed by atoms with Gasteiger partial charge in [0.25, 0.3) is 0 Å². The average Bonchev–Trinajstić information content (AvgIpc) is 2.98. The monoisotopic (exact) mass is 265 g/mol. The van der Waals surface area contributed by atoms with Gasteiger partial charge in [-0.15, -0.1) is 0 Å². The van der Waals surface area contributed by atoms with Crippen LogP contribution in [0, 0.1) is 0 Å². The highest BCUT2D eigenvalue weighted by Gasteiger charge is 2.37. The van der Waals surface area contributed by atoms with Crippen LogP contribution < -0.4 is 5.73 Å². The number of aromatic nitrogens is 2. The Hall–Kier alpha value is -0.980. The van der Waals surface area contributed by atoms with E-state index in [1.165, 1.54) is 0 Å². The van der Waals surface area contributed by atoms with Crippen molar-refractivity contribution < 1.29 is 4.52 Å². The van der Waals surface area contributed by atoms with Crippen LogP contribution in [0.4, 0.5) is 0 Å². The largest absolute Gasteiger partial charge is 0.337 e. The lowest BCUT2D eigenvalue weighted by atomic mass is 9.94. The first kappa shape index (κ1) is 13.0. The first-order chi connectivity index (χ1) is 9.16. The van der Waals surface area contributed by atoms with Gasteiger partial charge in [-0.3, -0.25) is 9.80 Å². The van der Waals surface area contributed by atoms with Crippen LogP contribution in [0.5, 0.6) is 0 Å². The molecule has 1 aromatic heterocycles. The molecule has 0 spiro atoms. The number of fused-ring (bicyclic) bond motifs is 3. The molecule has 3 fully saturated rings. The molecule has 2 N–H and O–H groups in total. The second kappa shape index (κ2) is 4.85. The van der Waals surface area contributed by atoms with E-state index in [1.54, 1.807) is 0 Å². The van der Waals surface area contributed by atoms with Crippen molar-refractivity contribution in [3.8, 4) is 0 Å². The fourth-order valence-electron chi connectivity index (χ4n) is 2.99. The van der Waals surface area contributed by atoms with Gasteiger partial charge in [0.05, 0.1) is 11.6 Å². The minimum Gasteiger partial charge on any atom is -0.337 e. The van der Waals surface area contributed by atoms with Crippen LogP contribution in [0.2, 0.25) is 0 Å². The van der Waals surface area contributed by atoms with Crippen molar-refractivity contribution in [1.29, 1.82) is 0 Å². The molecule has 3 aliphatic rings. The molecule has 0 radical (unpaired) electrons. The Morgan fingerprint density at radius 2 is 1.95 bits per heavy atom. The van der Waals surface area contributed by atoms with Crippen LogP contribution in [0.15, 0.2) is 4.52 Å². The van der Waals surface area contributed by atoms with Crippen molar-refractivity contribution >= 4 is 0 Å². The van der Waals surface area contributed by atoms with Crippen LogP contribution >= 0.6 is 0 Å².